The van der Waals surface area contributed by atoms with Gasteiger partial charge in [-0.05, 0) is 63.9 Å². The third kappa shape index (κ3) is 6.88. The van der Waals surface area contributed by atoms with E-state index < -0.39 is 0 Å². The van der Waals surface area contributed by atoms with Crippen molar-refractivity contribution in [2.75, 3.05) is 39.3 Å². The minimum absolute atomic E-state index is 0. The number of fused-ring (bicyclic) bond motifs is 1. The minimum Gasteiger partial charge on any atom is -0.357 e. The number of aromatic nitrogens is 3. The lowest BCUT2D eigenvalue weighted by Crippen LogP contribution is -2.38. The second kappa shape index (κ2) is 12.2. The highest BCUT2D eigenvalue weighted by atomic mass is 127. The Kier molecular flexibility index (Phi) is 9.97. The Balaban J connectivity index is 0.00000280. The summed E-state index contributed by atoms with van der Waals surface area (Å²) in [4.78, 5) is 7.29. The molecule has 7 nitrogen and oxygen atoms in total. The van der Waals surface area contributed by atoms with Crippen LogP contribution in [0.1, 0.15) is 38.9 Å². The molecule has 3 heterocycles. The lowest BCUT2D eigenvalue weighted by Gasteiger charge is -2.29. The van der Waals surface area contributed by atoms with Crippen LogP contribution in [0.3, 0.4) is 0 Å². The monoisotopic (exact) mass is 499 g/mol. The molecule has 0 spiro atoms. The fourth-order valence-corrected chi connectivity index (χ4v) is 3.47. The number of guanidine groups is 1. The zero-order valence-electron chi connectivity index (χ0n) is 17.1. The molecule has 0 aliphatic carbocycles. The number of aliphatic imine (C=N–C) groups is 1. The van der Waals surface area contributed by atoms with Gasteiger partial charge in [-0.25, -0.2) is 0 Å². The molecule has 0 bridgehead atoms. The normalized spacial score (nSPS) is 16.1. The van der Waals surface area contributed by atoms with Gasteiger partial charge in [-0.1, -0.05) is 13.0 Å². The predicted molar refractivity (Wildman–Crippen MR) is 126 cm³/mol. The zero-order chi connectivity index (χ0) is 18.9. The van der Waals surface area contributed by atoms with Crippen LogP contribution in [0.2, 0.25) is 0 Å². The van der Waals surface area contributed by atoms with Crippen molar-refractivity contribution in [2.24, 2.45) is 10.9 Å². The Labute approximate surface area is 185 Å². The molecule has 0 amide bonds. The molecule has 2 aromatic rings. The molecule has 2 N–H and O–H groups in total. The first-order chi connectivity index (χ1) is 13.3. The largest absolute Gasteiger partial charge is 0.357 e. The van der Waals surface area contributed by atoms with Gasteiger partial charge in [-0.15, -0.1) is 34.2 Å². The molecule has 8 heteroatoms. The molecule has 0 atom stereocenters. The summed E-state index contributed by atoms with van der Waals surface area (Å²) in [7, 11) is 0. The fraction of sp³-hybridized carbons (Fsp3) is 0.650. The Morgan fingerprint density at radius 1 is 1.21 bits per heavy atom. The van der Waals surface area contributed by atoms with Crippen molar-refractivity contribution < 1.29 is 0 Å². The highest BCUT2D eigenvalue weighted by Gasteiger charge is 2.14. The van der Waals surface area contributed by atoms with Crippen molar-refractivity contribution in [2.45, 2.75) is 39.5 Å². The van der Waals surface area contributed by atoms with E-state index >= 15 is 0 Å². The Morgan fingerprint density at radius 2 is 2.04 bits per heavy atom. The lowest BCUT2D eigenvalue weighted by atomic mass is 9.99. The number of pyridine rings is 1. The van der Waals surface area contributed by atoms with Gasteiger partial charge in [0, 0.05) is 32.3 Å². The van der Waals surface area contributed by atoms with E-state index in [2.05, 4.69) is 39.6 Å². The van der Waals surface area contributed by atoms with Crippen molar-refractivity contribution in [1.29, 1.82) is 0 Å². The van der Waals surface area contributed by atoms with Crippen molar-refractivity contribution in [3.63, 3.8) is 0 Å². The average molecular weight is 499 g/mol. The summed E-state index contributed by atoms with van der Waals surface area (Å²) in [6.07, 6.45) is 6.60. The zero-order valence-corrected chi connectivity index (χ0v) is 19.4. The number of hydrogen-bond acceptors (Lipinski definition) is 4. The van der Waals surface area contributed by atoms with Gasteiger partial charge >= 0.3 is 0 Å². The first-order valence-corrected chi connectivity index (χ1v) is 10.3. The number of likely N-dealkylation sites (tertiary alicyclic amines) is 1. The molecule has 0 unspecified atom stereocenters. The topological polar surface area (TPSA) is 69.8 Å². The van der Waals surface area contributed by atoms with Crippen molar-refractivity contribution in [1.82, 2.24) is 30.1 Å². The van der Waals surface area contributed by atoms with Gasteiger partial charge in [0.1, 0.15) is 5.82 Å². The first-order valence-electron chi connectivity index (χ1n) is 10.3. The van der Waals surface area contributed by atoms with Crippen molar-refractivity contribution in [3.05, 3.63) is 30.2 Å². The smallest absolute Gasteiger partial charge is 0.191 e. The van der Waals surface area contributed by atoms with Gasteiger partial charge in [0.05, 0.1) is 0 Å². The van der Waals surface area contributed by atoms with Crippen LogP contribution in [0.5, 0.6) is 0 Å². The maximum atomic E-state index is 4.72. The summed E-state index contributed by atoms with van der Waals surface area (Å²) in [6.45, 7) is 10.6. The maximum Gasteiger partial charge on any atom is 0.191 e. The lowest BCUT2D eigenvalue weighted by molar-refractivity contribution is 0.192. The van der Waals surface area contributed by atoms with Crippen LogP contribution in [0.4, 0.5) is 0 Å². The van der Waals surface area contributed by atoms with Crippen LogP contribution in [0.15, 0.2) is 29.4 Å². The van der Waals surface area contributed by atoms with E-state index in [-0.39, 0.29) is 24.0 Å². The van der Waals surface area contributed by atoms with E-state index in [0.717, 1.165) is 62.4 Å². The Bertz CT molecular complexity index is 722. The van der Waals surface area contributed by atoms with Gasteiger partial charge in [-0.2, -0.15) is 0 Å². The molecule has 1 fully saturated rings. The van der Waals surface area contributed by atoms with Crippen LogP contribution < -0.4 is 10.6 Å². The van der Waals surface area contributed by atoms with Crippen LogP contribution in [0, 0.1) is 5.92 Å². The molecule has 156 valence electrons. The van der Waals surface area contributed by atoms with Gasteiger partial charge < -0.3 is 15.5 Å². The minimum atomic E-state index is 0. The quantitative estimate of drug-likeness (QED) is 0.253. The maximum absolute atomic E-state index is 4.72. The summed E-state index contributed by atoms with van der Waals surface area (Å²) < 4.78 is 2.03. The summed E-state index contributed by atoms with van der Waals surface area (Å²) in [5.41, 5.74) is 0.889. The highest BCUT2D eigenvalue weighted by molar-refractivity contribution is 14.0. The van der Waals surface area contributed by atoms with Gasteiger partial charge in [0.25, 0.3) is 0 Å². The molecule has 3 rings (SSSR count). The molecule has 0 saturated carbocycles. The van der Waals surface area contributed by atoms with Gasteiger partial charge in [0.15, 0.2) is 11.6 Å². The van der Waals surface area contributed by atoms with E-state index in [1.165, 1.54) is 25.9 Å². The Morgan fingerprint density at radius 3 is 2.82 bits per heavy atom. The van der Waals surface area contributed by atoms with Crippen molar-refractivity contribution in [3.8, 4) is 0 Å². The SMILES string of the molecule is CCNC(=NCCCN1CCC(C)CC1)NCCc1nnc2ccccn12.I. The fourth-order valence-electron chi connectivity index (χ4n) is 3.47. The van der Waals surface area contributed by atoms with Crippen LogP contribution >= 0.6 is 24.0 Å². The van der Waals surface area contributed by atoms with Crippen LogP contribution in [0.25, 0.3) is 5.65 Å². The molecule has 0 aromatic carbocycles. The molecule has 1 aliphatic rings. The van der Waals surface area contributed by atoms with E-state index in [1.807, 2.05) is 28.8 Å². The van der Waals surface area contributed by atoms with Gasteiger partial charge in [0.2, 0.25) is 0 Å². The molecule has 2 aromatic heterocycles. The van der Waals surface area contributed by atoms with E-state index in [4.69, 9.17) is 4.99 Å². The highest BCUT2D eigenvalue weighted by Crippen LogP contribution is 2.15. The number of nitrogens with one attached hydrogen (secondary N) is 2. The van der Waals surface area contributed by atoms with Gasteiger partial charge in [-0.3, -0.25) is 9.39 Å². The van der Waals surface area contributed by atoms with E-state index in [0.29, 0.717) is 0 Å². The van der Waals surface area contributed by atoms with Crippen LogP contribution in [-0.2, 0) is 6.42 Å². The molecular formula is C20H34IN7. The number of hydrogen-bond donors (Lipinski definition) is 2. The summed E-state index contributed by atoms with van der Waals surface area (Å²) in [5, 5.41) is 15.2. The predicted octanol–water partition coefficient (Wildman–Crippen LogP) is 2.57. The number of nitrogens with zero attached hydrogens (tertiary/aromatic N) is 5. The average Bonchev–Trinajstić information content (AvgIpc) is 3.10. The van der Waals surface area contributed by atoms with Crippen LogP contribution in [-0.4, -0.2) is 64.7 Å². The molecule has 28 heavy (non-hydrogen) atoms. The van der Waals surface area contributed by atoms with E-state index in [1.54, 1.807) is 0 Å². The molecule has 1 aliphatic heterocycles. The molecule has 1 saturated heterocycles. The molecule has 0 radical (unpaired) electrons. The number of piperidine rings is 1. The second-order valence-electron chi connectivity index (χ2n) is 7.36. The standard InChI is InChI=1S/C20H33N7.HI/c1-3-21-20(22-11-6-13-26-15-9-17(2)10-16-26)23-12-8-19-25-24-18-7-4-5-14-27(18)19;/h4-5,7,14,17H,3,6,8-13,15-16H2,1-2H3,(H2,21,22,23);1H. The summed E-state index contributed by atoms with van der Waals surface area (Å²) >= 11 is 0. The Hall–Kier alpha value is -1.42. The third-order valence-electron chi connectivity index (χ3n) is 5.15. The molecular weight excluding hydrogens is 465 g/mol. The second-order valence-corrected chi connectivity index (χ2v) is 7.36. The first kappa shape index (κ1) is 22.9. The number of rotatable bonds is 8. The van der Waals surface area contributed by atoms with E-state index in [9.17, 15) is 0 Å². The summed E-state index contributed by atoms with van der Waals surface area (Å²) in [5.74, 6) is 2.75. The summed E-state index contributed by atoms with van der Waals surface area (Å²) in [6, 6.07) is 5.95. The number of halogens is 1. The third-order valence-corrected chi connectivity index (χ3v) is 5.15. The van der Waals surface area contributed by atoms with Crippen molar-refractivity contribution >= 4 is 35.6 Å².